The number of thioether (sulfide) groups is 1. The van der Waals surface area contributed by atoms with Gasteiger partial charge in [-0.25, -0.2) is 4.79 Å². The highest BCUT2D eigenvalue weighted by atomic mass is 32.2. The van der Waals surface area contributed by atoms with Gasteiger partial charge in [0, 0.05) is 24.8 Å². The van der Waals surface area contributed by atoms with Gasteiger partial charge in [-0.05, 0) is 32.4 Å². The van der Waals surface area contributed by atoms with Crippen LogP contribution in [0, 0.1) is 11.8 Å². The van der Waals surface area contributed by atoms with E-state index in [0.29, 0.717) is 19.8 Å². The lowest BCUT2D eigenvalue weighted by atomic mass is 9.95. The summed E-state index contributed by atoms with van der Waals surface area (Å²) in [6.07, 6.45) is -0.318. The molecule has 2 bridgehead atoms. The molecule has 0 aliphatic carbocycles. The van der Waals surface area contributed by atoms with Gasteiger partial charge in [0.05, 0.1) is 6.67 Å². The molecule has 2 amide bonds. The van der Waals surface area contributed by atoms with Crippen molar-refractivity contribution in [3.05, 3.63) is 0 Å². The molecule has 2 heterocycles. The molecule has 0 saturated carbocycles. The molecule has 2 rings (SSSR count). The Morgan fingerprint density at radius 3 is 2.75 bits per heavy atom. The van der Waals surface area contributed by atoms with Gasteiger partial charge in [-0.2, -0.15) is 11.8 Å². The van der Waals surface area contributed by atoms with Crippen molar-refractivity contribution in [2.24, 2.45) is 11.8 Å². The predicted molar refractivity (Wildman–Crippen MR) is 79.5 cm³/mol. The van der Waals surface area contributed by atoms with Crippen molar-refractivity contribution in [3.8, 4) is 0 Å². The van der Waals surface area contributed by atoms with E-state index in [1.54, 1.807) is 9.80 Å². The van der Waals surface area contributed by atoms with E-state index >= 15 is 0 Å². The van der Waals surface area contributed by atoms with Crippen molar-refractivity contribution in [2.75, 3.05) is 31.3 Å². The maximum Gasteiger partial charge on any atom is 0.411 e. The number of amides is 2. The van der Waals surface area contributed by atoms with Crippen LogP contribution in [-0.4, -0.2) is 58.7 Å². The van der Waals surface area contributed by atoms with Crippen LogP contribution >= 0.6 is 11.8 Å². The Bertz CT molecular complexity index is 394. The zero-order valence-electron chi connectivity index (χ0n) is 12.7. The van der Waals surface area contributed by atoms with E-state index in [1.807, 2.05) is 39.5 Å². The molecule has 6 heteroatoms. The van der Waals surface area contributed by atoms with E-state index in [9.17, 15) is 9.59 Å². The molecule has 0 N–H and O–H groups in total. The van der Waals surface area contributed by atoms with E-state index in [4.69, 9.17) is 4.74 Å². The molecular weight excluding hydrogens is 276 g/mol. The predicted octanol–water partition coefficient (Wildman–Crippen LogP) is 2.02. The Labute approximate surface area is 125 Å². The average molecular weight is 300 g/mol. The van der Waals surface area contributed by atoms with E-state index in [1.165, 1.54) is 0 Å². The standard InChI is InChI=1S/C14H24N2O3S/c1-10-11-7-16(13(18)19-14(2,3)4)9-15(12(10)17)5-6-20-8-11/h10-11H,5-9H2,1-4H3. The summed E-state index contributed by atoms with van der Waals surface area (Å²) in [5, 5.41) is 0. The van der Waals surface area contributed by atoms with Gasteiger partial charge in [0.15, 0.2) is 0 Å². The summed E-state index contributed by atoms with van der Waals surface area (Å²) in [6.45, 7) is 9.23. The maximum atomic E-state index is 12.4. The third kappa shape index (κ3) is 3.59. The average Bonchev–Trinajstić information content (AvgIpc) is 2.42. The number of hydrogen-bond donors (Lipinski definition) is 0. The van der Waals surface area contributed by atoms with Crippen molar-refractivity contribution < 1.29 is 14.3 Å². The lowest BCUT2D eigenvalue weighted by Crippen LogP contribution is -2.45. The van der Waals surface area contributed by atoms with Crippen LogP contribution in [0.2, 0.25) is 0 Å². The van der Waals surface area contributed by atoms with E-state index < -0.39 is 5.60 Å². The molecule has 114 valence electrons. The fraction of sp³-hybridized carbons (Fsp3) is 0.857. The van der Waals surface area contributed by atoms with E-state index in [-0.39, 0.29) is 23.8 Å². The first-order chi connectivity index (χ1) is 9.28. The summed E-state index contributed by atoms with van der Waals surface area (Å²) in [5.41, 5.74) is -0.506. The first-order valence-corrected chi connectivity index (χ1v) is 8.28. The summed E-state index contributed by atoms with van der Waals surface area (Å²) in [6, 6.07) is 0. The fourth-order valence-electron chi connectivity index (χ4n) is 2.51. The molecule has 2 unspecified atom stereocenters. The highest BCUT2D eigenvalue weighted by molar-refractivity contribution is 7.99. The monoisotopic (exact) mass is 300 g/mol. The lowest BCUT2D eigenvalue weighted by Gasteiger charge is -2.29. The SMILES string of the molecule is CC1C(=O)N2CCSCC1CN(C(=O)OC(C)(C)C)C2. The summed E-state index contributed by atoms with van der Waals surface area (Å²) < 4.78 is 5.45. The van der Waals surface area contributed by atoms with Crippen molar-refractivity contribution in [1.82, 2.24) is 9.80 Å². The van der Waals surface area contributed by atoms with Crippen molar-refractivity contribution in [3.63, 3.8) is 0 Å². The highest BCUT2D eigenvalue weighted by Gasteiger charge is 2.38. The van der Waals surface area contributed by atoms with Crippen LogP contribution in [-0.2, 0) is 9.53 Å². The van der Waals surface area contributed by atoms with E-state index in [0.717, 1.165) is 11.5 Å². The molecule has 2 saturated heterocycles. The van der Waals surface area contributed by atoms with Gasteiger partial charge < -0.3 is 9.64 Å². The Balaban J connectivity index is 2.16. The molecule has 0 aromatic rings. The number of ether oxygens (including phenoxy) is 1. The summed E-state index contributed by atoms with van der Waals surface area (Å²) in [5.74, 6) is 2.24. The van der Waals surface area contributed by atoms with E-state index in [2.05, 4.69) is 0 Å². The molecule has 0 aromatic carbocycles. The molecule has 2 aliphatic heterocycles. The van der Waals surface area contributed by atoms with Crippen molar-refractivity contribution in [2.45, 2.75) is 33.3 Å². The molecule has 2 atom stereocenters. The number of carbonyl (C=O) groups is 2. The van der Waals surface area contributed by atoms with Gasteiger partial charge in [-0.3, -0.25) is 9.69 Å². The van der Waals surface area contributed by atoms with Gasteiger partial charge in [-0.15, -0.1) is 0 Å². The molecule has 0 aromatic heterocycles. The van der Waals surface area contributed by atoms with Crippen LogP contribution in [0.15, 0.2) is 0 Å². The van der Waals surface area contributed by atoms with Gasteiger partial charge >= 0.3 is 6.09 Å². The first-order valence-electron chi connectivity index (χ1n) is 7.12. The van der Waals surface area contributed by atoms with Crippen LogP contribution in [0.3, 0.4) is 0 Å². The summed E-state index contributed by atoms with van der Waals surface area (Å²) in [4.78, 5) is 28.1. The van der Waals surface area contributed by atoms with Crippen LogP contribution < -0.4 is 0 Å². The lowest BCUT2D eigenvalue weighted by molar-refractivity contribution is -0.135. The number of hydrogen-bond acceptors (Lipinski definition) is 4. The molecule has 2 aliphatic rings. The molecule has 20 heavy (non-hydrogen) atoms. The van der Waals surface area contributed by atoms with Gasteiger partial charge in [-0.1, -0.05) is 6.92 Å². The Morgan fingerprint density at radius 1 is 1.40 bits per heavy atom. The van der Waals surface area contributed by atoms with Crippen LogP contribution in [0.5, 0.6) is 0 Å². The second-order valence-corrected chi connectivity index (χ2v) is 7.72. The van der Waals surface area contributed by atoms with Gasteiger partial charge in [0.1, 0.15) is 5.60 Å². The molecule has 5 nitrogen and oxygen atoms in total. The molecule has 2 fully saturated rings. The van der Waals surface area contributed by atoms with Crippen molar-refractivity contribution in [1.29, 1.82) is 0 Å². The maximum absolute atomic E-state index is 12.4. The zero-order valence-corrected chi connectivity index (χ0v) is 13.5. The Hall–Kier alpha value is -0.910. The van der Waals surface area contributed by atoms with Crippen LogP contribution in [0.25, 0.3) is 0 Å². The number of rotatable bonds is 0. The largest absolute Gasteiger partial charge is 0.444 e. The second-order valence-electron chi connectivity index (χ2n) is 6.57. The number of carbonyl (C=O) groups excluding carboxylic acids is 2. The third-order valence-electron chi connectivity index (χ3n) is 3.69. The van der Waals surface area contributed by atoms with Crippen LogP contribution in [0.4, 0.5) is 4.79 Å². The van der Waals surface area contributed by atoms with Gasteiger partial charge in [0.2, 0.25) is 5.91 Å². The van der Waals surface area contributed by atoms with Crippen molar-refractivity contribution >= 4 is 23.8 Å². The van der Waals surface area contributed by atoms with Crippen LogP contribution in [0.1, 0.15) is 27.7 Å². The molecule has 0 spiro atoms. The third-order valence-corrected chi connectivity index (χ3v) is 4.83. The minimum Gasteiger partial charge on any atom is -0.444 e. The molecule has 0 radical (unpaired) electrons. The fourth-order valence-corrected chi connectivity index (χ4v) is 3.72. The smallest absolute Gasteiger partial charge is 0.411 e. The normalized spacial score (nSPS) is 27.9. The quantitative estimate of drug-likeness (QED) is 0.687. The summed E-state index contributed by atoms with van der Waals surface area (Å²) >= 11 is 1.87. The second kappa shape index (κ2) is 5.84. The number of nitrogens with zero attached hydrogens (tertiary/aromatic N) is 2. The zero-order chi connectivity index (χ0) is 14.9. The Kier molecular flexibility index (Phi) is 4.52. The molecular formula is C14H24N2O3S. The minimum atomic E-state index is -0.506. The Morgan fingerprint density at radius 2 is 2.10 bits per heavy atom. The topological polar surface area (TPSA) is 49.9 Å². The van der Waals surface area contributed by atoms with Gasteiger partial charge in [0.25, 0.3) is 0 Å². The minimum absolute atomic E-state index is 0.0183. The number of fused-ring (bicyclic) bond motifs is 3. The summed E-state index contributed by atoms with van der Waals surface area (Å²) in [7, 11) is 0. The highest BCUT2D eigenvalue weighted by Crippen LogP contribution is 2.28. The first kappa shape index (κ1) is 15.5.